The number of nitro benzene ring substituents is 1. The molecule has 11 heteroatoms. The van der Waals surface area contributed by atoms with Crippen molar-refractivity contribution < 1.29 is 18.1 Å². The number of fused-ring (bicyclic) bond motifs is 1. The summed E-state index contributed by atoms with van der Waals surface area (Å²) in [7, 11) is -4.06. The normalized spacial score (nSPS) is 14.5. The van der Waals surface area contributed by atoms with Crippen LogP contribution in [0.5, 0.6) is 0 Å². The molecule has 0 spiro atoms. The summed E-state index contributed by atoms with van der Waals surface area (Å²) in [6.45, 7) is 4.93. The third-order valence-corrected chi connectivity index (χ3v) is 9.02. The van der Waals surface area contributed by atoms with Crippen LogP contribution < -0.4 is 10.2 Å². The molecule has 1 amide bonds. The molecule has 1 fully saturated rings. The third kappa shape index (κ3) is 5.35. The molecule has 9 nitrogen and oxygen atoms in total. The predicted molar refractivity (Wildman–Crippen MR) is 150 cm³/mol. The number of H-pyrrole nitrogens is 1. The molecule has 0 unspecified atom stereocenters. The highest BCUT2D eigenvalue weighted by molar-refractivity contribution is 7.91. The van der Waals surface area contributed by atoms with Crippen molar-refractivity contribution in [3.05, 3.63) is 92.6 Å². The van der Waals surface area contributed by atoms with E-state index in [1.54, 1.807) is 42.5 Å². The van der Waals surface area contributed by atoms with Crippen molar-refractivity contribution in [3.63, 3.8) is 0 Å². The lowest BCUT2D eigenvalue weighted by atomic mass is 10.0. The summed E-state index contributed by atoms with van der Waals surface area (Å²) in [6.07, 6.45) is 1.27. The number of benzene rings is 3. The molecule has 0 atom stereocenters. The molecular weight excluding hydrogens is 540 g/mol. The van der Waals surface area contributed by atoms with Crippen LogP contribution in [0.2, 0.25) is 5.02 Å². The first kappa shape index (κ1) is 26.7. The first-order chi connectivity index (χ1) is 18.5. The van der Waals surface area contributed by atoms with Crippen LogP contribution in [0, 0.1) is 24.0 Å². The molecule has 3 aromatic carbocycles. The quantitative estimate of drug-likeness (QED) is 0.232. The van der Waals surface area contributed by atoms with Crippen LogP contribution in [0.3, 0.4) is 0 Å². The molecule has 0 radical (unpaired) electrons. The van der Waals surface area contributed by atoms with Crippen molar-refractivity contribution in [1.29, 1.82) is 0 Å². The van der Waals surface area contributed by atoms with Gasteiger partial charge in [-0.3, -0.25) is 14.9 Å². The highest BCUT2D eigenvalue weighted by Crippen LogP contribution is 2.34. The monoisotopic (exact) mass is 566 g/mol. The van der Waals surface area contributed by atoms with Crippen molar-refractivity contribution in [2.24, 2.45) is 0 Å². The maximum absolute atomic E-state index is 13.9. The molecule has 39 heavy (non-hydrogen) atoms. The highest BCUT2D eigenvalue weighted by Gasteiger charge is 2.31. The number of rotatable bonds is 6. The van der Waals surface area contributed by atoms with Gasteiger partial charge in [-0.1, -0.05) is 17.7 Å². The van der Waals surface area contributed by atoms with Crippen LogP contribution in [0.15, 0.2) is 70.5 Å². The van der Waals surface area contributed by atoms with Gasteiger partial charge in [0.25, 0.3) is 11.6 Å². The average molecular weight is 567 g/mol. The summed E-state index contributed by atoms with van der Waals surface area (Å²) < 4.78 is 27.8. The summed E-state index contributed by atoms with van der Waals surface area (Å²) in [5, 5.41) is 14.7. The first-order valence-electron chi connectivity index (χ1n) is 12.5. The smallest absolute Gasteiger partial charge is 0.269 e. The fraction of sp³-hybridized carbons (Fsp3) is 0.250. The molecule has 202 valence electrons. The number of hydrogen-bond acceptors (Lipinski definition) is 6. The van der Waals surface area contributed by atoms with Crippen molar-refractivity contribution in [2.75, 3.05) is 18.0 Å². The Hall–Kier alpha value is -3.89. The number of non-ortho nitro benzene ring substituents is 1. The van der Waals surface area contributed by atoms with Gasteiger partial charge < -0.3 is 15.2 Å². The van der Waals surface area contributed by atoms with E-state index in [2.05, 4.69) is 15.2 Å². The maximum Gasteiger partial charge on any atom is 0.269 e. The Labute approximate surface area is 230 Å². The zero-order valence-electron chi connectivity index (χ0n) is 21.4. The maximum atomic E-state index is 13.9. The lowest BCUT2D eigenvalue weighted by Gasteiger charge is -2.33. The van der Waals surface area contributed by atoms with Gasteiger partial charge in [0.05, 0.1) is 9.82 Å². The Kier molecular flexibility index (Phi) is 7.09. The van der Waals surface area contributed by atoms with Gasteiger partial charge in [-0.15, -0.1) is 0 Å². The highest BCUT2D eigenvalue weighted by atomic mass is 35.5. The number of carbonyl (C=O) groups excluding carboxylic acids is 1. The molecule has 1 aromatic heterocycles. The zero-order chi connectivity index (χ0) is 27.9. The summed E-state index contributed by atoms with van der Waals surface area (Å²) in [4.78, 5) is 29.2. The Morgan fingerprint density at radius 1 is 1.03 bits per heavy atom. The van der Waals surface area contributed by atoms with Gasteiger partial charge >= 0.3 is 0 Å². The van der Waals surface area contributed by atoms with Gasteiger partial charge in [-0.25, -0.2) is 8.42 Å². The van der Waals surface area contributed by atoms with Crippen LogP contribution in [-0.2, 0) is 9.84 Å². The number of amides is 1. The number of carbonyl (C=O) groups is 1. The Morgan fingerprint density at radius 3 is 2.28 bits per heavy atom. The van der Waals surface area contributed by atoms with Crippen LogP contribution in [0.1, 0.15) is 34.5 Å². The SMILES string of the molecule is Cc1cc(C)cc(S(=O)(=O)c2c(C(=O)NC3CCN(c4ccc([N+](=O)[O-])cc4)CC3)[nH]c3ccc(Cl)cc23)c1. The largest absolute Gasteiger partial charge is 0.371 e. The number of nitro groups is 1. The second-order valence-corrected chi connectivity index (χ2v) is 12.2. The molecular formula is C28H27ClN4O5S. The molecule has 0 aliphatic carbocycles. The molecule has 1 saturated heterocycles. The standard InChI is InChI=1S/C28H27ClN4O5S/c1-17-13-18(2)15-23(14-17)39(37,38)27-24-16-19(29)3-8-25(24)31-26(27)28(34)30-20-9-11-32(12-10-20)21-4-6-22(7-5-21)33(35)36/h3-8,13-16,20,31H,9-12H2,1-2H3,(H,30,34). The van der Waals surface area contributed by atoms with Crippen LogP contribution in [-0.4, -0.2) is 43.4 Å². The number of nitrogens with zero attached hydrogens (tertiary/aromatic N) is 2. The number of hydrogen-bond donors (Lipinski definition) is 2. The second-order valence-electron chi connectivity index (χ2n) is 9.85. The van der Waals surface area contributed by atoms with E-state index in [4.69, 9.17) is 11.6 Å². The first-order valence-corrected chi connectivity index (χ1v) is 14.3. The Morgan fingerprint density at radius 2 is 1.67 bits per heavy atom. The van der Waals surface area contributed by atoms with Gasteiger partial charge in [0.1, 0.15) is 10.6 Å². The summed E-state index contributed by atoms with van der Waals surface area (Å²) in [6, 6.07) is 16.2. The molecule has 4 aromatic rings. The van der Waals surface area contributed by atoms with Gasteiger partial charge in [0, 0.05) is 52.9 Å². The topological polar surface area (TPSA) is 125 Å². The fourth-order valence-corrected chi connectivity index (χ4v) is 7.07. The van der Waals surface area contributed by atoms with E-state index in [1.165, 1.54) is 12.1 Å². The molecule has 2 heterocycles. The van der Waals surface area contributed by atoms with Crippen molar-refractivity contribution in [1.82, 2.24) is 10.3 Å². The van der Waals surface area contributed by atoms with Gasteiger partial charge in [-0.2, -0.15) is 0 Å². The van der Waals surface area contributed by atoms with E-state index < -0.39 is 20.7 Å². The van der Waals surface area contributed by atoms with Crippen molar-refractivity contribution in [3.8, 4) is 0 Å². The Balaban J connectivity index is 1.40. The average Bonchev–Trinajstić information content (AvgIpc) is 3.28. The van der Waals surface area contributed by atoms with Gasteiger partial charge in [0.15, 0.2) is 0 Å². The number of halogens is 1. The fourth-order valence-electron chi connectivity index (χ4n) is 5.11. The summed E-state index contributed by atoms with van der Waals surface area (Å²) in [5.41, 5.74) is 2.99. The molecule has 0 bridgehead atoms. The number of aromatic amines is 1. The summed E-state index contributed by atoms with van der Waals surface area (Å²) in [5.74, 6) is -0.501. The van der Waals surface area contributed by atoms with Gasteiger partial charge in [-0.05, 0) is 80.3 Å². The molecule has 5 rings (SSSR count). The van der Waals surface area contributed by atoms with Crippen LogP contribution >= 0.6 is 11.6 Å². The molecule has 1 aliphatic heterocycles. The molecule has 2 N–H and O–H groups in total. The predicted octanol–water partition coefficient (Wildman–Crippen LogP) is 5.58. The number of nitrogens with one attached hydrogen (secondary N) is 2. The second kappa shape index (κ2) is 10.3. The molecule has 0 saturated carbocycles. The van der Waals surface area contributed by atoms with Crippen molar-refractivity contribution in [2.45, 2.75) is 42.5 Å². The van der Waals surface area contributed by atoms with E-state index in [0.29, 0.717) is 41.9 Å². The number of anilines is 1. The van der Waals surface area contributed by atoms with E-state index in [9.17, 15) is 23.3 Å². The lowest BCUT2D eigenvalue weighted by molar-refractivity contribution is -0.384. The third-order valence-electron chi connectivity index (χ3n) is 6.97. The van der Waals surface area contributed by atoms with E-state index in [-0.39, 0.29) is 27.2 Å². The zero-order valence-corrected chi connectivity index (χ0v) is 23.0. The minimum absolute atomic E-state index is 0.0239. The van der Waals surface area contributed by atoms with Crippen LogP contribution in [0.4, 0.5) is 11.4 Å². The number of aromatic nitrogens is 1. The van der Waals surface area contributed by atoms with Crippen LogP contribution in [0.25, 0.3) is 10.9 Å². The minimum Gasteiger partial charge on any atom is -0.371 e. The molecule has 1 aliphatic rings. The number of aryl methyl sites for hydroxylation is 2. The van der Waals surface area contributed by atoms with E-state index >= 15 is 0 Å². The van der Waals surface area contributed by atoms with E-state index in [1.807, 2.05) is 19.9 Å². The number of sulfone groups is 1. The summed E-state index contributed by atoms with van der Waals surface area (Å²) >= 11 is 6.22. The number of piperidine rings is 1. The van der Waals surface area contributed by atoms with Crippen molar-refractivity contribution >= 4 is 49.6 Å². The van der Waals surface area contributed by atoms with E-state index in [0.717, 1.165) is 16.8 Å². The lowest BCUT2D eigenvalue weighted by Crippen LogP contribution is -2.45. The minimum atomic E-state index is -4.06. The Bertz CT molecular complexity index is 1670. The van der Waals surface area contributed by atoms with Gasteiger partial charge in [0.2, 0.25) is 9.84 Å².